The van der Waals surface area contributed by atoms with Crippen LogP contribution in [-0.2, 0) is 6.18 Å². The summed E-state index contributed by atoms with van der Waals surface area (Å²) in [7, 11) is 0. The number of benzene rings is 2. The van der Waals surface area contributed by atoms with Gasteiger partial charge in [0.2, 0.25) is 5.75 Å². The van der Waals surface area contributed by atoms with E-state index in [1.165, 1.54) is 0 Å². The van der Waals surface area contributed by atoms with Crippen molar-refractivity contribution in [3.63, 3.8) is 0 Å². The number of halogens is 4. The average molecular weight is 419 g/mol. The number of nitrogens with zero attached hydrogens (tertiary/aromatic N) is 3. The maximum atomic E-state index is 13.2. The van der Waals surface area contributed by atoms with Gasteiger partial charge in [0.15, 0.2) is 0 Å². The van der Waals surface area contributed by atoms with E-state index in [0.29, 0.717) is 16.7 Å². The van der Waals surface area contributed by atoms with E-state index in [1.54, 1.807) is 0 Å². The number of hydrogen-bond acceptors (Lipinski definition) is 6. The van der Waals surface area contributed by atoms with Crippen molar-refractivity contribution in [1.82, 2.24) is 9.55 Å². The highest BCUT2D eigenvalue weighted by Gasteiger charge is 2.39. The molecule has 0 fully saturated rings. The molecule has 0 amide bonds. The number of hydrogen-bond donors (Lipinski definition) is 2. The van der Waals surface area contributed by atoms with Gasteiger partial charge < -0.3 is 10.1 Å². The summed E-state index contributed by atoms with van der Waals surface area (Å²) in [6, 6.07) is 2.54. The van der Waals surface area contributed by atoms with E-state index < -0.39 is 55.6 Å². The molecule has 0 atom stereocenters. The number of phenolic OH excluding ortho intramolecular Hbond substituents is 1. The van der Waals surface area contributed by atoms with Gasteiger partial charge in [-0.25, -0.2) is 4.79 Å². The lowest BCUT2D eigenvalue weighted by Gasteiger charge is -2.10. The highest BCUT2D eigenvalue weighted by Crippen LogP contribution is 2.40. The van der Waals surface area contributed by atoms with Crippen molar-refractivity contribution in [2.45, 2.75) is 6.18 Å². The topological polar surface area (TPSA) is 144 Å². The molecule has 0 unspecified atom stereocenters. The van der Waals surface area contributed by atoms with Crippen LogP contribution in [0.15, 0.2) is 29.1 Å². The van der Waals surface area contributed by atoms with E-state index in [0.717, 1.165) is 12.1 Å². The molecule has 3 rings (SSSR count). The molecular weight excluding hydrogens is 413 g/mol. The summed E-state index contributed by atoms with van der Waals surface area (Å²) in [6.07, 6.45) is -5.13. The second-order valence-electron chi connectivity index (χ2n) is 5.46. The zero-order chi connectivity index (χ0) is 21.0. The molecule has 1 heterocycles. The SMILES string of the molecule is O=c1[nH]c2cc([N+](=O)[O-])c(C(F)(F)F)cc2n1-c1cc(Cl)cc([N+](=O)[O-])c1O. The lowest BCUT2D eigenvalue weighted by molar-refractivity contribution is -0.387. The molecule has 0 saturated heterocycles. The second kappa shape index (κ2) is 6.23. The first-order chi connectivity index (χ1) is 12.9. The van der Waals surface area contributed by atoms with Gasteiger partial charge in [0.1, 0.15) is 11.3 Å². The fourth-order valence-electron chi connectivity index (χ4n) is 2.64. The average Bonchev–Trinajstić information content (AvgIpc) is 2.89. The van der Waals surface area contributed by atoms with Crippen LogP contribution in [0, 0.1) is 20.2 Å². The van der Waals surface area contributed by atoms with E-state index in [2.05, 4.69) is 4.98 Å². The molecule has 0 bridgehead atoms. The molecule has 0 spiro atoms. The van der Waals surface area contributed by atoms with Crippen LogP contribution in [0.1, 0.15) is 5.56 Å². The number of aromatic hydroxyl groups is 1. The Hall–Kier alpha value is -3.61. The lowest BCUT2D eigenvalue weighted by atomic mass is 10.1. The molecule has 2 N–H and O–H groups in total. The monoisotopic (exact) mass is 418 g/mol. The minimum absolute atomic E-state index is 0.279. The second-order valence-corrected chi connectivity index (χ2v) is 5.89. The van der Waals surface area contributed by atoms with Crippen LogP contribution in [0.25, 0.3) is 16.7 Å². The van der Waals surface area contributed by atoms with E-state index in [9.17, 15) is 43.3 Å². The van der Waals surface area contributed by atoms with Crippen LogP contribution in [-0.4, -0.2) is 24.5 Å². The number of nitro groups is 2. The van der Waals surface area contributed by atoms with Gasteiger partial charge >= 0.3 is 17.6 Å². The Kier molecular flexibility index (Phi) is 4.26. The maximum absolute atomic E-state index is 13.2. The molecule has 0 radical (unpaired) electrons. The Morgan fingerprint density at radius 2 is 1.68 bits per heavy atom. The number of aromatic amines is 1. The molecule has 14 heteroatoms. The standard InChI is InChI=1S/C14H6ClF3N4O6/c15-5-1-10(12(23)11(2-5)22(27)28)20-9-3-6(14(16,17)18)8(21(25)26)4-7(9)19-13(20)24/h1-4,23H,(H,19,24). The van der Waals surface area contributed by atoms with Crippen molar-refractivity contribution < 1.29 is 28.1 Å². The first-order valence-electron chi connectivity index (χ1n) is 7.09. The van der Waals surface area contributed by atoms with Gasteiger partial charge in [-0.1, -0.05) is 11.6 Å². The molecule has 10 nitrogen and oxygen atoms in total. The predicted octanol–water partition coefficient (Wildman–Crippen LogP) is 3.51. The Morgan fingerprint density at radius 1 is 1.07 bits per heavy atom. The zero-order valence-corrected chi connectivity index (χ0v) is 13.9. The molecule has 0 aliphatic rings. The number of imidazole rings is 1. The molecule has 28 heavy (non-hydrogen) atoms. The number of H-pyrrole nitrogens is 1. The summed E-state index contributed by atoms with van der Waals surface area (Å²) in [6.45, 7) is 0. The quantitative estimate of drug-likeness (QED) is 0.492. The molecule has 0 aliphatic heterocycles. The number of phenols is 1. The van der Waals surface area contributed by atoms with Gasteiger partial charge in [-0.05, 0) is 12.1 Å². The Morgan fingerprint density at radius 3 is 2.21 bits per heavy atom. The molecule has 0 aliphatic carbocycles. The van der Waals surface area contributed by atoms with Gasteiger partial charge in [0.05, 0.1) is 20.9 Å². The Labute approximate surface area is 155 Å². The summed E-state index contributed by atoms with van der Waals surface area (Å²) >= 11 is 5.75. The van der Waals surface area contributed by atoms with Crippen molar-refractivity contribution in [3.05, 3.63) is 65.6 Å². The summed E-state index contributed by atoms with van der Waals surface area (Å²) in [5.41, 5.74) is -6.36. The van der Waals surface area contributed by atoms with E-state index in [-0.39, 0.29) is 10.5 Å². The summed E-state index contributed by atoms with van der Waals surface area (Å²) < 4.78 is 40.2. The minimum Gasteiger partial charge on any atom is -0.501 e. The highest BCUT2D eigenvalue weighted by molar-refractivity contribution is 6.31. The largest absolute Gasteiger partial charge is 0.501 e. The van der Waals surface area contributed by atoms with Crippen LogP contribution in [0.5, 0.6) is 5.75 Å². The zero-order valence-electron chi connectivity index (χ0n) is 13.2. The van der Waals surface area contributed by atoms with E-state index in [1.807, 2.05) is 0 Å². The van der Waals surface area contributed by atoms with E-state index >= 15 is 0 Å². The van der Waals surface area contributed by atoms with Crippen LogP contribution < -0.4 is 5.69 Å². The van der Waals surface area contributed by atoms with Crippen LogP contribution >= 0.6 is 11.6 Å². The van der Waals surface area contributed by atoms with Gasteiger partial charge in [-0.3, -0.25) is 24.8 Å². The third kappa shape index (κ3) is 3.00. The van der Waals surface area contributed by atoms with Crippen LogP contribution in [0.2, 0.25) is 5.02 Å². The number of alkyl halides is 3. The van der Waals surface area contributed by atoms with Gasteiger partial charge in [-0.15, -0.1) is 0 Å². The lowest BCUT2D eigenvalue weighted by Crippen LogP contribution is -2.15. The number of nitrogens with one attached hydrogen (secondary N) is 1. The predicted molar refractivity (Wildman–Crippen MR) is 88.9 cm³/mol. The molecule has 1 aromatic heterocycles. The van der Waals surface area contributed by atoms with Gasteiger partial charge in [0.25, 0.3) is 5.69 Å². The molecule has 0 saturated carbocycles. The minimum atomic E-state index is -5.13. The summed E-state index contributed by atoms with van der Waals surface area (Å²) in [5, 5.41) is 31.8. The van der Waals surface area contributed by atoms with Crippen molar-refractivity contribution >= 4 is 34.0 Å². The van der Waals surface area contributed by atoms with Crippen molar-refractivity contribution in [1.29, 1.82) is 0 Å². The first-order valence-corrected chi connectivity index (χ1v) is 7.47. The number of rotatable bonds is 3. The number of fused-ring (bicyclic) bond motifs is 1. The highest BCUT2D eigenvalue weighted by atomic mass is 35.5. The van der Waals surface area contributed by atoms with Gasteiger partial charge in [0, 0.05) is 17.2 Å². The van der Waals surface area contributed by atoms with Crippen LogP contribution in [0.4, 0.5) is 24.5 Å². The third-order valence-corrected chi connectivity index (χ3v) is 3.99. The smallest absolute Gasteiger partial charge is 0.423 e. The van der Waals surface area contributed by atoms with Crippen LogP contribution in [0.3, 0.4) is 0 Å². The third-order valence-electron chi connectivity index (χ3n) is 3.77. The Bertz CT molecular complexity index is 1220. The fourth-order valence-corrected chi connectivity index (χ4v) is 2.85. The number of nitro benzene ring substituents is 2. The molecule has 3 aromatic rings. The Balaban J connectivity index is 2.45. The first kappa shape index (κ1) is 19.2. The molecular formula is C14H6ClF3N4O6. The maximum Gasteiger partial charge on any atom is 0.423 e. The molecule has 2 aromatic carbocycles. The molecule has 146 valence electrons. The van der Waals surface area contributed by atoms with Crippen molar-refractivity contribution in [3.8, 4) is 11.4 Å². The van der Waals surface area contributed by atoms with Crippen molar-refractivity contribution in [2.24, 2.45) is 0 Å². The summed E-state index contributed by atoms with van der Waals surface area (Å²) in [4.78, 5) is 34.1. The van der Waals surface area contributed by atoms with Crippen molar-refractivity contribution in [2.75, 3.05) is 0 Å². The summed E-state index contributed by atoms with van der Waals surface area (Å²) in [5.74, 6) is -1.02. The fraction of sp³-hybridized carbons (Fsp3) is 0.0714. The normalized spacial score (nSPS) is 11.7. The number of aromatic nitrogens is 2. The van der Waals surface area contributed by atoms with E-state index in [4.69, 9.17) is 11.6 Å². The van der Waals surface area contributed by atoms with Gasteiger partial charge in [-0.2, -0.15) is 13.2 Å².